The van der Waals surface area contributed by atoms with E-state index in [9.17, 15) is 25.2 Å². The van der Waals surface area contributed by atoms with Crippen molar-refractivity contribution in [3.8, 4) is 0 Å². The van der Waals surface area contributed by atoms with E-state index in [0.29, 0.717) is 18.8 Å². The quantitative estimate of drug-likeness (QED) is 0.184. The lowest BCUT2D eigenvalue weighted by atomic mass is 9.44. The SMILES string of the molecule is C=C1CC(O)C(C)C2CC(CSSCC(n3ccnc3)CC1(C)C)C1(O)C3=CC(=O)C4CC(O)C(O)CC4(CCCC(C)C)C3CCC21C. The fourth-order valence-electron chi connectivity index (χ4n) is 11.4. The van der Waals surface area contributed by atoms with E-state index in [-0.39, 0.29) is 53.3 Å². The van der Waals surface area contributed by atoms with E-state index >= 15 is 0 Å². The molecule has 12 unspecified atom stereocenters. The van der Waals surface area contributed by atoms with Crippen LogP contribution in [-0.4, -0.2) is 71.2 Å². The topological polar surface area (TPSA) is 116 Å². The molecule has 1 aromatic rings. The van der Waals surface area contributed by atoms with Crippen molar-refractivity contribution in [1.82, 2.24) is 9.55 Å². The first-order valence-corrected chi connectivity index (χ1v) is 21.5. The van der Waals surface area contributed by atoms with E-state index in [4.69, 9.17) is 0 Å². The number of ketones is 1. The number of hydrogen-bond acceptors (Lipinski definition) is 8. The Morgan fingerprint density at radius 1 is 1.04 bits per heavy atom. The van der Waals surface area contributed by atoms with E-state index in [1.165, 1.54) is 0 Å². The summed E-state index contributed by atoms with van der Waals surface area (Å²) in [7, 11) is 3.68. The molecule has 5 aliphatic rings. The fourth-order valence-corrected chi connectivity index (χ4v) is 14.1. The largest absolute Gasteiger partial charge is 0.393 e. The highest BCUT2D eigenvalue weighted by Gasteiger charge is 2.70. The molecule has 0 spiro atoms. The predicted octanol–water partition coefficient (Wildman–Crippen LogP) is 7.42. The second-order valence-corrected chi connectivity index (χ2v) is 20.6. The Labute approximate surface area is 302 Å². The number of aliphatic hydroxyl groups excluding tert-OH is 3. The van der Waals surface area contributed by atoms with Gasteiger partial charge in [0, 0.05) is 47.2 Å². The van der Waals surface area contributed by atoms with Crippen LogP contribution in [0.25, 0.3) is 0 Å². The van der Waals surface area contributed by atoms with Gasteiger partial charge in [-0.1, -0.05) is 88.1 Å². The minimum Gasteiger partial charge on any atom is -0.393 e. The van der Waals surface area contributed by atoms with Crippen molar-refractivity contribution in [2.45, 2.75) is 136 Å². The molecule has 0 radical (unpaired) electrons. The number of carbonyl (C=O) groups is 1. The van der Waals surface area contributed by atoms with Crippen LogP contribution in [0.15, 0.2) is 42.5 Å². The number of aliphatic hydroxyl groups is 4. The molecule has 12 atom stereocenters. The maximum atomic E-state index is 14.3. The zero-order chi connectivity index (χ0) is 35.5. The van der Waals surface area contributed by atoms with Gasteiger partial charge in [0.1, 0.15) is 0 Å². The molecular formula is C40H62N2O5S2. The Morgan fingerprint density at radius 3 is 2.47 bits per heavy atom. The van der Waals surface area contributed by atoms with Crippen molar-refractivity contribution >= 4 is 27.4 Å². The summed E-state index contributed by atoms with van der Waals surface area (Å²) in [6.45, 7) is 17.9. The van der Waals surface area contributed by atoms with Crippen molar-refractivity contribution in [2.24, 2.45) is 51.8 Å². The Bertz CT molecular complexity index is 1400. The van der Waals surface area contributed by atoms with Crippen LogP contribution in [-0.2, 0) is 4.79 Å². The lowest BCUT2D eigenvalue weighted by Crippen LogP contribution is -2.63. The maximum Gasteiger partial charge on any atom is 0.159 e. The molecular weight excluding hydrogens is 653 g/mol. The fraction of sp³-hybridized carbons (Fsp3) is 0.800. The lowest BCUT2D eigenvalue weighted by molar-refractivity contribution is -0.163. The normalized spacial score (nSPS) is 44.5. The number of hydrogen-bond donors (Lipinski definition) is 4. The molecule has 0 amide bonds. The molecule has 9 heteroatoms. The van der Waals surface area contributed by atoms with E-state index in [2.05, 4.69) is 57.7 Å². The standard InChI is InChI=1S/C40H62N2O5S2/c1-24(2)9-8-11-39-20-36(46)35(45)18-32(39)34(44)17-31-29(39)10-12-38(7)30-16-27(40(31,38)47)21-48-49-22-28(42-14-13-41-23-42)19-37(5,6)25(3)15-33(43)26(30)4/h13-14,17,23-24,26-30,32-33,35-36,43,45-47H,3,8-12,15-16,18-22H2,1-2,4-7H3. The van der Waals surface area contributed by atoms with Gasteiger partial charge in [-0.2, -0.15) is 0 Å². The molecule has 0 aromatic carbocycles. The van der Waals surface area contributed by atoms with Gasteiger partial charge in [0.2, 0.25) is 0 Å². The van der Waals surface area contributed by atoms with Gasteiger partial charge in [-0.05, 0) is 97.5 Å². The maximum absolute atomic E-state index is 14.3. The third kappa shape index (κ3) is 6.47. The molecule has 3 saturated carbocycles. The van der Waals surface area contributed by atoms with Gasteiger partial charge < -0.3 is 25.0 Å². The van der Waals surface area contributed by atoms with Crippen LogP contribution in [0.1, 0.15) is 112 Å². The molecule has 4 N–H and O–H groups in total. The first-order valence-electron chi connectivity index (χ1n) is 19.0. The minimum atomic E-state index is -1.20. The molecule has 6 rings (SSSR count). The van der Waals surface area contributed by atoms with Crippen LogP contribution < -0.4 is 0 Å². The van der Waals surface area contributed by atoms with Crippen LogP contribution in [0, 0.1) is 51.8 Å². The van der Waals surface area contributed by atoms with Crippen LogP contribution in [0.5, 0.6) is 0 Å². The monoisotopic (exact) mass is 714 g/mol. The van der Waals surface area contributed by atoms with E-state index in [0.717, 1.165) is 67.6 Å². The van der Waals surface area contributed by atoms with E-state index in [1.54, 1.807) is 6.08 Å². The molecule has 1 saturated heterocycles. The van der Waals surface area contributed by atoms with Gasteiger partial charge >= 0.3 is 0 Å². The highest BCUT2D eigenvalue weighted by molar-refractivity contribution is 8.76. The highest BCUT2D eigenvalue weighted by Crippen LogP contribution is 2.71. The van der Waals surface area contributed by atoms with Gasteiger partial charge in [-0.25, -0.2) is 4.98 Å². The third-order valence-corrected chi connectivity index (χ3v) is 17.1. The molecule has 4 aliphatic carbocycles. The second-order valence-electron chi connectivity index (χ2n) is 18.0. The summed E-state index contributed by atoms with van der Waals surface area (Å²) in [6, 6.07) is 0.211. The molecule has 1 aliphatic heterocycles. The number of imidazole rings is 1. The van der Waals surface area contributed by atoms with Crippen LogP contribution in [0.3, 0.4) is 0 Å². The van der Waals surface area contributed by atoms with Crippen molar-refractivity contribution < 1.29 is 25.2 Å². The number of carbonyl (C=O) groups excluding carboxylic acids is 1. The number of fused-ring (bicyclic) bond motifs is 9. The number of nitrogens with zero attached hydrogens (tertiary/aromatic N) is 2. The molecule has 7 nitrogen and oxygen atoms in total. The van der Waals surface area contributed by atoms with Crippen LogP contribution in [0.2, 0.25) is 0 Å². The Morgan fingerprint density at radius 2 is 1.78 bits per heavy atom. The van der Waals surface area contributed by atoms with Crippen molar-refractivity contribution in [3.05, 3.63) is 42.5 Å². The Kier molecular flexibility index (Phi) is 10.8. The molecule has 274 valence electrons. The molecule has 49 heavy (non-hydrogen) atoms. The van der Waals surface area contributed by atoms with Crippen molar-refractivity contribution in [2.75, 3.05) is 11.5 Å². The summed E-state index contributed by atoms with van der Waals surface area (Å²) in [5.41, 5.74) is -0.421. The Hall–Kier alpha value is -1.10. The van der Waals surface area contributed by atoms with Crippen molar-refractivity contribution in [1.29, 1.82) is 0 Å². The predicted molar refractivity (Wildman–Crippen MR) is 200 cm³/mol. The van der Waals surface area contributed by atoms with Crippen molar-refractivity contribution in [3.63, 3.8) is 0 Å². The van der Waals surface area contributed by atoms with Crippen LogP contribution >= 0.6 is 21.6 Å². The zero-order valence-electron chi connectivity index (χ0n) is 30.7. The lowest BCUT2D eigenvalue weighted by Gasteiger charge is -2.62. The number of rotatable bonds is 5. The average Bonchev–Trinajstić information content (AvgIpc) is 3.65. The van der Waals surface area contributed by atoms with Gasteiger partial charge in [-0.3, -0.25) is 4.79 Å². The number of allylic oxidation sites excluding steroid dienone is 1. The average molecular weight is 715 g/mol. The van der Waals surface area contributed by atoms with Crippen LogP contribution in [0.4, 0.5) is 0 Å². The molecule has 1 aromatic heterocycles. The molecule has 2 bridgehead atoms. The highest BCUT2D eigenvalue weighted by atomic mass is 33.1. The summed E-state index contributed by atoms with van der Waals surface area (Å²) in [4.78, 5) is 18.6. The van der Waals surface area contributed by atoms with E-state index < -0.39 is 34.7 Å². The summed E-state index contributed by atoms with van der Waals surface area (Å²) in [6.07, 6.45) is 12.6. The summed E-state index contributed by atoms with van der Waals surface area (Å²) in [5.74, 6) is 1.78. The number of aromatic nitrogens is 2. The first kappa shape index (κ1) is 37.7. The summed E-state index contributed by atoms with van der Waals surface area (Å²) >= 11 is 0. The Balaban J connectivity index is 1.39. The van der Waals surface area contributed by atoms with Gasteiger partial charge in [-0.15, -0.1) is 0 Å². The molecule has 4 fully saturated rings. The van der Waals surface area contributed by atoms with E-state index in [1.807, 2.05) is 40.3 Å². The van der Waals surface area contributed by atoms with Gasteiger partial charge in [0.05, 0.1) is 30.2 Å². The first-order chi connectivity index (χ1) is 23.0. The third-order valence-electron chi connectivity index (χ3n) is 14.5. The molecule has 2 heterocycles. The van der Waals surface area contributed by atoms with Gasteiger partial charge in [0.25, 0.3) is 0 Å². The van der Waals surface area contributed by atoms with Gasteiger partial charge in [0.15, 0.2) is 5.78 Å². The minimum absolute atomic E-state index is 0.0179. The zero-order valence-corrected chi connectivity index (χ0v) is 32.3. The smallest absolute Gasteiger partial charge is 0.159 e. The second kappa shape index (κ2) is 14.0. The summed E-state index contributed by atoms with van der Waals surface area (Å²) in [5, 5.41) is 47.5. The summed E-state index contributed by atoms with van der Waals surface area (Å²) < 4.78 is 2.19.